The Labute approximate surface area is 207 Å². The van der Waals surface area contributed by atoms with Gasteiger partial charge in [0.25, 0.3) is 5.91 Å². The number of alkyl halides is 6. The minimum Gasteiger partial charge on any atom is -0.337 e. The first-order valence-corrected chi connectivity index (χ1v) is 11.4. The van der Waals surface area contributed by atoms with Crippen LogP contribution in [0.15, 0.2) is 55.1 Å². The summed E-state index contributed by atoms with van der Waals surface area (Å²) in [5.41, 5.74) is -2.71. The zero-order chi connectivity index (χ0) is 27.0. The number of carbonyl (C=O) groups is 2. The largest absolute Gasteiger partial charge is 0.418 e. The Morgan fingerprint density at radius 3 is 2.43 bits per heavy atom. The Hall–Kier alpha value is -3.83. The average molecular weight is 524 g/mol. The van der Waals surface area contributed by atoms with Crippen LogP contribution in [0.1, 0.15) is 46.8 Å². The fraction of sp³-hybridized carbons (Fsp3) is 0.320. The molecule has 1 fully saturated rings. The molecule has 0 bridgehead atoms. The van der Waals surface area contributed by atoms with E-state index in [4.69, 9.17) is 0 Å². The molecule has 0 spiro atoms. The number of amides is 2. The van der Waals surface area contributed by atoms with E-state index in [2.05, 4.69) is 16.9 Å². The number of benzene rings is 2. The van der Waals surface area contributed by atoms with Gasteiger partial charge in [0, 0.05) is 18.7 Å². The molecular weight excluding hydrogens is 502 g/mol. The van der Waals surface area contributed by atoms with E-state index < -0.39 is 35.4 Å². The van der Waals surface area contributed by atoms with Crippen LogP contribution in [0, 0.1) is 0 Å². The molecule has 0 saturated carbocycles. The maximum absolute atomic E-state index is 14.0. The third-order valence-corrected chi connectivity index (χ3v) is 6.19. The lowest BCUT2D eigenvalue weighted by molar-refractivity contribution is -0.138. The number of fused-ring (bicyclic) bond motifs is 1. The van der Waals surface area contributed by atoms with Gasteiger partial charge in [-0.15, -0.1) is 0 Å². The molecule has 0 radical (unpaired) electrons. The smallest absolute Gasteiger partial charge is 0.337 e. The summed E-state index contributed by atoms with van der Waals surface area (Å²) in [6, 6.07) is 6.41. The quantitative estimate of drug-likeness (QED) is 0.333. The van der Waals surface area contributed by atoms with Crippen molar-refractivity contribution in [2.24, 2.45) is 0 Å². The third kappa shape index (κ3) is 5.47. The van der Waals surface area contributed by atoms with Crippen molar-refractivity contribution in [1.82, 2.24) is 14.5 Å². The highest BCUT2D eigenvalue weighted by Gasteiger charge is 2.37. The van der Waals surface area contributed by atoms with Gasteiger partial charge >= 0.3 is 12.4 Å². The van der Waals surface area contributed by atoms with Crippen LogP contribution in [0.25, 0.3) is 11.0 Å². The van der Waals surface area contributed by atoms with Gasteiger partial charge in [-0.05, 0) is 55.7 Å². The highest BCUT2D eigenvalue weighted by molar-refractivity contribution is 6.04. The van der Waals surface area contributed by atoms with Crippen LogP contribution in [-0.2, 0) is 17.1 Å². The average Bonchev–Trinajstić information content (AvgIpc) is 3.02. The van der Waals surface area contributed by atoms with Gasteiger partial charge in [0.1, 0.15) is 0 Å². The summed E-state index contributed by atoms with van der Waals surface area (Å²) in [6.45, 7) is 3.89. The lowest BCUT2D eigenvalue weighted by Crippen LogP contribution is -2.34. The second-order valence-corrected chi connectivity index (χ2v) is 8.65. The molecule has 196 valence electrons. The van der Waals surface area contributed by atoms with Crippen molar-refractivity contribution in [2.75, 3.05) is 18.4 Å². The molecule has 0 aliphatic carbocycles. The first-order valence-electron chi connectivity index (χ1n) is 11.4. The van der Waals surface area contributed by atoms with Crippen LogP contribution in [-0.4, -0.2) is 39.4 Å². The standard InChI is InChI=1S/C25H22F6N4O2/c1-2-20(36)34-12-4-3-9-17(14-34)35-21-18(25(29,30)31)10-6-11-19(21)32-23(35)33-22(37)15-7-5-8-16(13-15)24(26,27)28/h2,5-8,10-11,13,17H,1,3-4,9,12,14H2,(H,32,33,37). The van der Waals surface area contributed by atoms with Gasteiger partial charge in [0.2, 0.25) is 11.9 Å². The topological polar surface area (TPSA) is 67.2 Å². The van der Waals surface area contributed by atoms with Crippen LogP contribution in [0.4, 0.5) is 32.3 Å². The monoisotopic (exact) mass is 524 g/mol. The summed E-state index contributed by atoms with van der Waals surface area (Å²) in [4.78, 5) is 30.9. The van der Waals surface area contributed by atoms with E-state index >= 15 is 0 Å². The number of hydrogen-bond donors (Lipinski definition) is 1. The predicted molar refractivity (Wildman–Crippen MR) is 124 cm³/mol. The third-order valence-electron chi connectivity index (χ3n) is 6.19. The minimum atomic E-state index is -4.75. The highest BCUT2D eigenvalue weighted by Crippen LogP contribution is 2.39. The number of aromatic nitrogens is 2. The van der Waals surface area contributed by atoms with Crippen LogP contribution >= 0.6 is 0 Å². The molecule has 2 amide bonds. The molecule has 37 heavy (non-hydrogen) atoms. The Balaban J connectivity index is 1.83. The normalized spacial score (nSPS) is 16.9. The van der Waals surface area contributed by atoms with E-state index in [1.54, 1.807) is 0 Å². The maximum Gasteiger partial charge on any atom is 0.418 e. The lowest BCUT2D eigenvalue weighted by atomic mass is 10.1. The number of hydrogen-bond acceptors (Lipinski definition) is 3. The van der Waals surface area contributed by atoms with Crippen molar-refractivity contribution in [3.05, 3.63) is 71.8 Å². The Kier molecular flexibility index (Phi) is 7.03. The summed E-state index contributed by atoms with van der Waals surface area (Å²) in [7, 11) is 0. The van der Waals surface area contributed by atoms with Crippen molar-refractivity contribution in [2.45, 2.75) is 37.7 Å². The second-order valence-electron chi connectivity index (χ2n) is 8.65. The summed E-state index contributed by atoms with van der Waals surface area (Å²) in [5, 5.41) is 2.40. The molecule has 1 saturated heterocycles. The van der Waals surface area contributed by atoms with Crippen molar-refractivity contribution < 1.29 is 35.9 Å². The van der Waals surface area contributed by atoms with Crippen LogP contribution in [0.2, 0.25) is 0 Å². The number of halogens is 6. The molecule has 1 aromatic heterocycles. The van der Waals surface area contributed by atoms with E-state index in [1.165, 1.54) is 21.6 Å². The van der Waals surface area contributed by atoms with Gasteiger partial charge in [0.05, 0.1) is 28.2 Å². The molecule has 4 rings (SSSR count). The molecular formula is C25H22F6N4O2. The SMILES string of the molecule is C=CC(=O)N1CCCCC(n2c(NC(=O)c3cccc(C(F)(F)F)c3)nc3cccc(C(F)(F)F)c32)C1. The summed E-state index contributed by atoms with van der Waals surface area (Å²) in [6.07, 6.45) is -6.74. The number of rotatable bonds is 4. The molecule has 6 nitrogen and oxygen atoms in total. The van der Waals surface area contributed by atoms with Gasteiger partial charge < -0.3 is 9.47 Å². The number of imidazole rings is 1. The maximum atomic E-state index is 14.0. The minimum absolute atomic E-state index is 0.0366. The van der Waals surface area contributed by atoms with Crippen molar-refractivity contribution >= 4 is 28.8 Å². The molecule has 1 aliphatic heterocycles. The molecule has 1 aliphatic rings. The Morgan fingerprint density at radius 2 is 1.76 bits per heavy atom. The highest BCUT2D eigenvalue weighted by atomic mass is 19.4. The van der Waals surface area contributed by atoms with E-state index in [1.807, 2.05) is 0 Å². The van der Waals surface area contributed by atoms with E-state index in [-0.39, 0.29) is 35.0 Å². The number of para-hydroxylation sites is 1. The number of anilines is 1. The fourth-order valence-corrected chi connectivity index (χ4v) is 4.49. The van der Waals surface area contributed by atoms with Gasteiger partial charge in [-0.2, -0.15) is 26.3 Å². The van der Waals surface area contributed by atoms with Crippen LogP contribution in [0.5, 0.6) is 0 Å². The van der Waals surface area contributed by atoms with Gasteiger partial charge in [0.15, 0.2) is 0 Å². The molecule has 2 aromatic carbocycles. The van der Waals surface area contributed by atoms with Crippen LogP contribution in [0.3, 0.4) is 0 Å². The number of likely N-dealkylation sites (tertiary alicyclic amines) is 1. The first-order chi connectivity index (χ1) is 17.4. The van der Waals surface area contributed by atoms with E-state index in [0.29, 0.717) is 31.9 Å². The van der Waals surface area contributed by atoms with Crippen molar-refractivity contribution in [1.29, 1.82) is 0 Å². The summed E-state index contributed by atoms with van der Waals surface area (Å²) < 4.78 is 82.6. The van der Waals surface area contributed by atoms with Crippen LogP contribution < -0.4 is 5.32 Å². The Bertz CT molecular complexity index is 1350. The first kappa shape index (κ1) is 26.2. The number of carbonyl (C=O) groups excluding carboxylic acids is 2. The Morgan fingerprint density at radius 1 is 1.03 bits per heavy atom. The van der Waals surface area contributed by atoms with Gasteiger partial charge in [-0.25, -0.2) is 4.98 Å². The van der Waals surface area contributed by atoms with Crippen molar-refractivity contribution in [3.8, 4) is 0 Å². The van der Waals surface area contributed by atoms with Gasteiger partial charge in [-0.3, -0.25) is 14.9 Å². The van der Waals surface area contributed by atoms with Gasteiger partial charge in [-0.1, -0.05) is 18.7 Å². The molecule has 1 atom stereocenters. The fourth-order valence-electron chi connectivity index (χ4n) is 4.49. The lowest BCUT2D eigenvalue weighted by Gasteiger charge is -2.26. The molecule has 1 N–H and O–H groups in total. The van der Waals surface area contributed by atoms with E-state index in [9.17, 15) is 35.9 Å². The summed E-state index contributed by atoms with van der Waals surface area (Å²) in [5.74, 6) is -1.61. The molecule has 12 heteroatoms. The number of nitrogens with zero attached hydrogens (tertiary/aromatic N) is 3. The van der Waals surface area contributed by atoms with Crippen molar-refractivity contribution in [3.63, 3.8) is 0 Å². The number of nitrogens with one attached hydrogen (secondary N) is 1. The zero-order valence-corrected chi connectivity index (χ0v) is 19.4. The second kappa shape index (κ2) is 9.91. The molecule has 3 aromatic rings. The van der Waals surface area contributed by atoms with E-state index in [0.717, 1.165) is 30.3 Å². The summed E-state index contributed by atoms with van der Waals surface area (Å²) >= 11 is 0. The zero-order valence-electron chi connectivity index (χ0n) is 19.4. The molecule has 1 unspecified atom stereocenters. The predicted octanol–water partition coefficient (Wildman–Crippen LogP) is 6.07. The molecule has 2 heterocycles.